The highest BCUT2D eigenvalue weighted by atomic mass is 35.5. The van der Waals surface area contributed by atoms with Crippen LogP contribution in [-0.4, -0.2) is 39.8 Å². The second kappa shape index (κ2) is 9.70. The lowest BCUT2D eigenvalue weighted by atomic mass is 9.92. The first kappa shape index (κ1) is 29.0. The molecule has 0 fully saturated rings. The predicted octanol–water partition coefficient (Wildman–Crippen LogP) is 9.72. The summed E-state index contributed by atoms with van der Waals surface area (Å²) in [4.78, 5) is 0. The van der Waals surface area contributed by atoms with E-state index in [2.05, 4.69) is 118 Å². The van der Waals surface area contributed by atoms with E-state index in [1.54, 1.807) is 0 Å². The number of benzene rings is 3. The maximum absolute atomic E-state index is 7.58. The van der Waals surface area contributed by atoms with Gasteiger partial charge in [-0.1, -0.05) is 76.2 Å². The first-order valence-electron chi connectivity index (χ1n) is 16.4. The Kier molecular flexibility index (Phi) is 6.12. The van der Waals surface area contributed by atoms with Crippen molar-refractivity contribution in [1.29, 1.82) is 0 Å². The number of aryl methyl sites for hydroxylation is 2. The second-order valence-electron chi connectivity index (χ2n) is 12.7. The van der Waals surface area contributed by atoms with Crippen LogP contribution in [0.4, 0.5) is 0 Å². The first-order chi connectivity index (χ1) is 22.2. The lowest BCUT2D eigenvalue weighted by Gasteiger charge is -2.34. The average Bonchev–Trinajstić information content (AvgIpc) is 3.76. The van der Waals surface area contributed by atoms with Crippen molar-refractivity contribution in [3.8, 4) is 0 Å². The molecule has 2 aromatic heterocycles. The number of halogens is 4. The summed E-state index contributed by atoms with van der Waals surface area (Å²) >= 11 is 30.3. The zero-order chi connectivity index (χ0) is 31.9. The van der Waals surface area contributed by atoms with Crippen LogP contribution in [0, 0.1) is 0 Å². The molecule has 0 saturated carbocycles. The van der Waals surface area contributed by atoms with Gasteiger partial charge in [-0.05, 0) is 47.1 Å². The fourth-order valence-corrected chi connectivity index (χ4v) is 10.8. The summed E-state index contributed by atoms with van der Waals surface area (Å²) in [5.41, 5.74) is 13.4. The van der Waals surface area contributed by atoms with Crippen molar-refractivity contribution in [3.63, 3.8) is 0 Å². The molecule has 0 N–H and O–H groups in total. The van der Waals surface area contributed by atoms with Gasteiger partial charge in [-0.3, -0.25) is 45.8 Å². The summed E-state index contributed by atoms with van der Waals surface area (Å²) in [6, 6.07) is 21.7. The molecule has 0 bridgehead atoms. The molecule has 9 rings (SSSR count). The fourth-order valence-electron chi connectivity index (χ4n) is 8.98. The summed E-state index contributed by atoms with van der Waals surface area (Å²) in [5, 5.41) is 0.372. The smallest absolute Gasteiger partial charge is 0.429 e. The second-order valence-corrected chi connectivity index (χ2v) is 15.6. The van der Waals surface area contributed by atoms with E-state index in [4.69, 9.17) is 45.8 Å². The monoisotopic (exact) mass is 682 g/mol. The van der Waals surface area contributed by atoms with Crippen LogP contribution in [0.1, 0.15) is 85.6 Å². The van der Waals surface area contributed by atoms with Crippen LogP contribution < -0.4 is 0 Å². The van der Waals surface area contributed by atoms with Gasteiger partial charge in [0.15, 0.2) is 11.4 Å². The maximum atomic E-state index is 7.58. The van der Waals surface area contributed by atoms with Gasteiger partial charge < -0.3 is 17.9 Å². The standard InChI is InChI=1S/C36H32B2Cl4N4/c1-5-29-21-13-9-11-15-23(21)33-19-35-27-18-26-28(17-25(27)31(7-3)45(35)37(39,40)43(29)33)36-20-34-24-16-12-10-14-22(24)30(6-2)44(34)38(41,42)46(36)32(26)8-4/h9-20H,5-8H2,1-4H3. The van der Waals surface area contributed by atoms with Gasteiger partial charge in [0.1, 0.15) is 11.4 Å². The molecular formula is C36H32B2Cl4N4. The number of hydrogen-bond acceptors (Lipinski definition) is 0. The largest absolute Gasteiger partial charge is 0.554 e. The van der Waals surface area contributed by atoms with E-state index in [1.165, 1.54) is 21.5 Å². The number of rotatable bonds is 4. The highest BCUT2D eigenvalue weighted by Gasteiger charge is 2.53. The Morgan fingerprint density at radius 2 is 0.891 bits per heavy atom. The SMILES string of the molecule is CCC1=[N+]2C(=Cc3c4ccccc4c(CC)n3[B-]2(Cl)Cl)c2cc3c(cc21)C1=Cc2c4ccccc4c(CC)n2[B-](Cl)(Cl)[N+]1=C3CC. The molecule has 5 aromatic rings. The van der Waals surface area contributed by atoms with Gasteiger partial charge in [0.2, 0.25) is 0 Å². The van der Waals surface area contributed by atoms with Crippen LogP contribution in [-0.2, 0) is 12.8 Å². The van der Waals surface area contributed by atoms with Crippen LogP contribution in [0.3, 0.4) is 0 Å². The van der Waals surface area contributed by atoms with E-state index in [-0.39, 0.29) is 0 Å². The molecule has 230 valence electrons. The Balaban J connectivity index is 1.34. The van der Waals surface area contributed by atoms with Gasteiger partial charge in [0, 0.05) is 47.2 Å². The van der Waals surface area contributed by atoms with Gasteiger partial charge in [0.25, 0.3) is 0 Å². The summed E-state index contributed by atoms with van der Waals surface area (Å²) < 4.78 is 8.78. The minimum atomic E-state index is -2.19. The zero-order valence-electron chi connectivity index (χ0n) is 26.2. The normalized spacial score (nSPS) is 18.3. The lowest BCUT2D eigenvalue weighted by Crippen LogP contribution is -2.48. The van der Waals surface area contributed by atoms with Crippen LogP contribution in [0.15, 0.2) is 60.7 Å². The Morgan fingerprint density at radius 1 is 0.522 bits per heavy atom. The predicted molar refractivity (Wildman–Crippen MR) is 200 cm³/mol. The van der Waals surface area contributed by atoms with E-state index in [0.29, 0.717) is 0 Å². The Hall–Kier alpha value is -3.15. The van der Waals surface area contributed by atoms with Crippen molar-refractivity contribution in [2.75, 3.05) is 0 Å². The van der Waals surface area contributed by atoms with Crippen LogP contribution in [0.25, 0.3) is 45.1 Å². The molecule has 4 aliphatic rings. The van der Waals surface area contributed by atoms with E-state index in [9.17, 15) is 0 Å². The van der Waals surface area contributed by atoms with Crippen LogP contribution >= 0.6 is 45.8 Å². The Bertz CT molecular complexity index is 2200. The third-order valence-corrected chi connectivity index (χ3v) is 12.3. The summed E-state index contributed by atoms with van der Waals surface area (Å²) in [7, 11) is 0. The molecule has 0 radical (unpaired) electrons. The van der Waals surface area contributed by atoms with Crippen LogP contribution in [0.5, 0.6) is 0 Å². The Morgan fingerprint density at radius 3 is 1.24 bits per heavy atom. The molecule has 0 spiro atoms. The number of fused-ring (bicyclic) bond motifs is 12. The van der Waals surface area contributed by atoms with Crippen molar-refractivity contribution < 1.29 is 8.97 Å². The van der Waals surface area contributed by atoms with Crippen LogP contribution in [0.2, 0.25) is 0 Å². The maximum Gasteiger partial charge on any atom is 0.554 e. The molecule has 0 aliphatic carbocycles. The third kappa shape index (κ3) is 3.36. The van der Waals surface area contributed by atoms with Gasteiger partial charge >= 0.3 is 10.5 Å². The van der Waals surface area contributed by atoms with Gasteiger partial charge in [-0.25, -0.2) is 0 Å². The molecule has 6 heterocycles. The van der Waals surface area contributed by atoms with E-state index < -0.39 is 10.5 Å². The molecule has 10 heteroatoms. The minimum absolute atomic E-state index is 0.781. The molecule has 0 unspecified atom stereocenters. The van der Waals surface area contributed by atoms with Crippen molar-refractivity contribution in [3.05, 3.63) is 106 Å². The highest BCUT2D eigenvalue weighted by molar-refractivity contribution is 7.41. The van der Waals surface area contributed by atoms with Gasteiger partial charge in [0.05, 0.1) is 22.3 Å². The minimum Gasteiger partial charge on any atom is -0.429 e. The molecule has 3 aromatic carbocycles. The fraction of sp³-hybridized carbons (Fsp3) is 0.222. The average molecular weight is 684 g/mol. The Labute approximate surface area is 288 Å². The van der Waals surface area contributed by atoms with E-state index in [1.807, 2.05) is 0 Å². The molecule has 46 heavy (non-hydrogen) atoms. The molecule has 0 saturated heterocycles. The number of nitrogens with zero attached hydrogens (tertiary/aromatic N) is 4. The van der Waals surface area contributed by atoms with E-state index >= 15 is 0 Å². The number of hydrogen-bond donors (Lipinski definition) is 0. The molecule has 4 nitrogen and oxygen atoms in total. The van der Waals surface area contributed by atoms with Gasteiger partial charge in [-0.15, -0.1) is 0 Å². The summed E-state index contributed by atoms with van der Waals surface area (Å²) in [5.74, 6) is 0. The topological polar surface area (TPSA) is 15.9 Å². The lowest BCUT2D eigenvalue weighted by molar-refractivity contribution is -0.276. The molecule has 0 atom stereocenters. The van der Waals surface area contributed by atoms with Crippen molar-refractivity contribution >= 4 is 113 Å². The number of aromatic nitrogens is 2. The highest BCUT2D eigenvalue weighted by Crippen LogP contribution is 2.50. The summed E-state index contributed by atoms with van der Waals surface area (Å²) in [6.07, 6.45) is 7.80. The molecule has 0 amide bonds. The van der Waals surface area contributed by atoms with Crippen molar-refractivity contribution in [1.82, 2.24) is 8.96 Å². The third-order valence-electron chi connectivity index (χ3n) is 10.7. The zero-order valence-corrected chi connectivity index (χ0v) is 29.2. The van der Waals surface area contributed by atoms with E-state index in [0.717, 1.165) is 93.5 Å². The molecular weight excluding hydrogens is 652 g/mol. The summed E-state index contributed by atoms with van der Waals surface area (Å²) in [6.45, 7) is 8.72. The first-order valence-corrected chi connectivity index (χ1v) is 18.1. The molecule has 4 aliphatic heterocycles. The van der Waals surface area contributed by atoms with Gasteiger partial charge in [-0.2, -0.15) is 0 Å². The quantitative estimate of drug-likeness (QED) is 0.168. The van der Waals surface area contributed by atoms with Crippen molar-refractivity contribution in [2.24, 2.45) is 0 Å². The van der Waals surface area contributed by atoms with Crippen molar-refractivity contribution in [2.45, 2.75) is 53.4 Å².